The summed E-state index contributed by atoms with van der Waals surface area (Å²) in [5.41, 5.74) is 1.64. The highest BCUT2D eigenvalue weighted by Crippen LogP contribution is 2.41. The second-order valence-electron chi connectivity index (χ2n) is 6.14. The highest BCUT2D eigenvalue weighted by atomic mass is 35.5. The summed E-state index contributed by atoms with van der Waals surface area (Å²) in [7, 11) is 0. The van der Waals surface area contributed by atoms with E-state index < -0.39 is 5.97 Å². The number of carbonyl (C=O) groups excluding carboxylic acids is 1. The van der Waals surface area contributed by atoms with E-state index in [1.807, 2.05) is 42.6 Å². The Bertz CT molecular complexity index is 1120. The largest absolute Gasteiger partial charge is 0.483 e. The van der Waals surface area contributed by atoms with Crippen LogP contribution in [0, 0.1) is 11.5 Å². The molecule has 31 heavy (non-hydrogen) atoms. The van der Waals surface area contributed by atoms with E-state index >= 15 is 0 Å². The van der Waals surface area contributed by atoms with Crippen molar-refractivity contribution in [2.24, 2.45) is 4.99 Å². The van der Waals surface area contributed by atoms with Crippen molar-refractivity contribution in [2.75, 3.05) is 6.26 Å². The summed E-state index contributed by atoms with van der Waals surface area (Å²) in [4.78, 5) is 17.1. The zero-order chi connectivity index (χ0) is 22.1. The van der Waals surface area contributed by atoms with Gasteiger partial charge < -0.3 is 9.47 Å². The lowest BCUT2D eigenvalue weighted by Crippen LogP contribution is -2.13. The number of halogens is 1. The van der Waals surface area contributed by atoms with Crippen molar-refractivity contribution < 1.29 is 14.3 Å². The molecule has 0 aliphatic rings. The van der Waals surface area contributed by atoms with E-state index in [9.17, 15) is 4.79 Å². The predicted octanol–water partition coefficient (Wildman–Crippen LogP) is 5.56. The second kappa shape index (κ2) is 11.1. The zero-order valence-electron chi connectivity index (χ0n) is 16.5. The summed E-state index contributed by atoms with van der Waals surface area (Å²) < 4.78 is 11.6. The molecule has 1 N–H and O–H groups in total. The molecule has 0 fully saturated rings. The third kappa shape index (κ3) is 6.25. The van der Waals surface area contributed by atoms with Crippen molar-refractivity contribution in [3.8, 4) is 17.7 Å². The van der Waals surface area contributed by atoms with Crippen molar-refractivity contribution >= 4 is 40.2 Å². The molecule has 0 spiro atoms. The van der Waals surface area contributed by atoms with Gasteiger partial charge in [0.15, 0.2) is 22.9 Å². The van der Waals surface area contributed by atoms with Crippen LogP contribution in [0.15, 0.2) is 77.8 Å². The molecule has 0 unspecified atom stereocenters. The van der Waals surface area contributed by atoms with Gasteiger partial charge in [0, 0.05) is 11.1 Å². The first-order chi connectivity index (χ1) is 15.1. The maximum atomic E-state index is 12.6. The first kappa shape index (κ1) is 22.2. The summed E-state index contributed by atoms with van der Waals surface area (Å²) in [5.74, 6) is -0.181. The summed E-state index contributed by atoms with van der Waals surface area (Å²) in [6.45, 7) is 0.223. The van der Waals surface area contributed by atoms with Gasteiger partial charge in [-0.1, -0.05) is 71.9 Å². The van der Waals surface area contributed by atoms with Gasteiger partial charge in [-0.05, 0) is 30.0 Å². The predicted molar refractivity (Wildman–Crippen MR) is 123 cm³/mol. The Morgan fingerprint density at radius 2 is 1.81 bits per heavy atom. The third-order valence-electron chi connectivity index (χ3n) is 4.02. The molecule has 0 saturated heterocycles. The SMILES string of the molecule is CSC(=Nc1cc(Cl)cc(OC(=O)c2ccccc2)c1OCc1ccccc1)NC#N. The van der Waals surface area contributed by atoms with Gasteiger partial charge in [-0.3, -0.25) is 5.32 Å². The molecule has 0 amide bonds. The van der Waals surface area contributed by atoms with Gasteiger partial charge in [0.2, 0.25) is 0 Å². The van der Waals surface area contributed by atoms with E-state index in [2.05, 4.69) is 10.3 Å². The number of esters is 1. The Hall–Kier alpha value is -3.47. The van der Waals surface area contributed by atoms with Gasteiger partial charge in [-0.15, -0.1) is 0 Å². The molecule has 8 heteroatoms. The van der Waals surface area contributed by atoms with Crippen LogP contribution < -0.4 is 14.8 Å². The fourth-order valence-corrected chi connectivity index (χ4v) is 3.14. The monoisotopic (exact) mass is 451 g/mol. The van der Waals surface area contributed by atoms with Gasteiger partial charge in [-0.25, -0.2) is 9.79 Å². The molecule has 0 radical (unpaired) electrons. The number of carbonyl (C=O) groups is 1. The molecule has 0 heterocycles. The Balaban J connectivity index is 2.01. The molecule has 0 bridgehead atoms. The van der Waals surface area contributed by atoms with Crippen LogP contribution in [0.25, 0.3) is 0 Å². The summed E-state index contributed by atoms with van der Waals surface area (Å²) in [6.07, 6.45) is 3.61. The van der Waals surface area contributed by atoms with E-state index in [4.69, 9.17) is 26.3 Å². The Morgan fingerprint density at radius 1 is 1.13 bits per heavy atom. The minimum Gasteiger partial charge on any atom is -0.483 e. The van der Waals surface area contributed by atoms with Crippen LogP contribution in [0.2, 0.25) is 5.02 Å². The molecule has 0 aliphatic carbocycles. The van der Waals surface area contributed by atoms with Crippen LogP contribution in [0.4, 0.5) is 5.69 Å². The number of nitrogens with zero attached hydrogens (tertiary/aromatic N) is 2. The molecule has 0 saturated carbocycles. The molecule has 6 nitrogen and oxygen atoms in total. The van der Waals surface area contributed by atoms with E-state index in [1.165, 1.54) is 17.8 Å². The van der Waals surface area contributed by atoms with Crippen LogP contribution in [-0.2, 0) is 6.61 Å². The highest BCUT2D eigenvalue weighted by molar-refractivity contribution is 8.13. The van der Waals surface area contributed by atoms with Crippen molar-refractivity contribution in [3.63, 3.8) is 0 Å². The standard InChI is InChI=1S/C23H18ClN3O3S/c1-31-23(26-15-25)27-19-12-18(24)13-20(30-22(28)17-10-6-3-7-11-17)21(19)29-14-16-8-4-2-5-9-16/h2-13H,14H2,1H3,(H,26,27). The zero-order valence-corrected chi connectivity index (χ0v) is 18.1. The number of ether oxygens (including phenoxy) is 2. The Kier molecular flexibility index (Phi) is 7.93. The maximum Gasteiger partial charge on any atom is 0.343 e. The summed E-state index contributed by atoms with van der Waals surface area (Å²) in [6, 6.07) is 21.2. The number of thioether (sulfide) groups is 1. The average Bonchev–Trinajstić information content (AvgIpc) is 2.79. The van der Waals surface area contributed by atoms with Gasteiger partial charge in [0.25, 0.3) is 0 Å². The smallest absolute Gasteiger partial charge is 0.343 e. The van der Waals surface area contributed by atoms with Crippen LogP contribution in [0.3, 0.4) is 0 Å². The van der Waals surface area contributed by atoms with Crippen molar-refractivity contribution in [1.82, 2.24) is 5.32 Å². The molecule has 156 valence electrons. The van der Waals surface area contributed by atoms with Crippen LogP contribution in [0.5, 0.6) is 11.5 Å². The van der Waals surface area contributed by atoms with Crippen LogP contribution in [-0.4, -0.2) is 17.4 Å². The quantitative estimate of drug-likeness (QED) is 0.132. The highest BCUT2D eigenvalue weighted by Gasteiger charge is 2.18. The minimum absolute atomic E-state index is 0.133. The van der Waals surface area contributed by atoms with Gasteiger partial charge in [-0.2, -0.15) is 5.26 Å². The first-order valence-electron chi connectivity index (χ1n) is 9.16. The maximum absolute atomic E-state index is 12.6. The summed E-state index contributed by atoms with van der Waals surface area (Å²) >= 11 is 7.51. The number of nitrogens with one attached hydrogen (secondary N) is 1. The number of aliphatic imine (C=N–C) groups is 1. The van der Waals surface area contributed by atoms with E-state index in [0.717, 1.165) is 5.56 Å². The number of hydrogen-bond donors (Lipinski definition) is 1. The fourth-order valence-electron chi connectivity index (χ4n) is 2.60. The van der Waals surface area contributed by atoms with E-state index in [0.29, 0.717) is 21.4 Å². The van der Waals surface area contributed by atoms with Crippen molar-refractivity contribution in [3.05, 3.63) is 88.9 Å². The topological polar surface area (TPSA) is 83.7 Å². The van der Waals surface area contributed by atoms with Gasteiger partial charge in [0.1, 0.15) is 12.3 Å². The van der Waals surface area contributed by atoms with Crippen LogP contribution in [0.1, 0.15) is 15.9 Å². The Morgan fingerprint density at radius 3 is 2.45 bits per heavy atom. The minimum atomic E-state index is -0.553. The fraction of sp³-hybridized carbons (Fsp3) is 0.0870. The lowest BCUT2D eigenvalue weighted by molar-refractivity contribution is 0.0728. The normalized spacial score (nSPS) is 10.8. The number of nitriles is 1. The molecule has 3 rings (SSSR count). The molecular formula is C23H18ClN3O3S. The molecule has 0 aromatic heterocycles. The van der Waals surface area contributed by atoms with Gasteiger partial charge in [0.05, 0.1) is 5.56 Å². The van der Waals surface area contributed by atoms with Crippen LogP contribution >= 0.6 is 23.4 Å². The van der Waals surface area contributed by atoms with E-state index in [1.54, 1.807) is 36.6 Å². The van der Waals surface area contributed by atoms with E-state index in [-0.39, 0.29) is 18.1 Å². The molecular weight excluding hydrogens is 434 g/mol. The second-order valence-corrected chi connectivity index (χ2v) is 7.37. The molecule has 3 aromatic rings. The lowest BCUT2D eigenvalue weighted by Gasteiger charge is -2.15. The number of rotatable bonds is 6. The number of hydrogen-bond acceptors (Lipinski definition) is 6. The lowest BCUT2D eigenvalue weighted by atomic mass is 10.2. The molecule has 0 aliphatic heterocycles. The summed E-state index contributed by atoms with van der Waals surface area (Å²) in [5, 5.41) is 12.1. The molecule has 3 aromatic carbocycles. The molecule has 0 atom stereocenters. The first-order valence-corrected chi connectivity index (χ1v) is 10.8. The van der Waals surface area contributed by atoms with Crippen molar-refractivity contribution in [2.45, 2.75) is 6.61 Å². The number of amidine groups is 1. The average molecular weight is 452 g/mol. The van der Waals surface area contributed by atoms with Gasteiger partial charge >= 0.3 is 5.97 Å². The van der Waals surface area contributed by atoms with Crippen molar-refractivity contribution in [1.29, 1.82) is 5.26 Å². The number of benzene rings is 3. The third-order valence-corrected chi connectivity index (χ3v) is 4.81. The Labute approximate surface area is 189 Å².